The highest BCUT2D eigenvalue weighted by atomic mass is 32.2. The van der Waals surface area contributed by atoms with E-state index in [1.807, 2.05) is 6.92 Å². The number of hydrogen-bond donors (Lipinski definition) is 1. The summed E-state index contributed by atoms with van der Waals surface area (Å²) in [6, 6.07) is 11.6. The van der Waals surface area contributed by atoms with E-state index in [4.69, 9.17) is 9.47 Å². The minimum Gasteiger partial charge on any atom is -0.497 e. The first-order valence-electron chi connectivity index (χ1n) is 9.95. The second kappa shape index (κ2) is 9.49. The van der Waals surface area contributed by atoms with Crippen LogP contribution in [0.2, 0.25) is 0 Å². The lowest BCUT2D eigenvalue weighted by atomic mass is 10.0. The van der Waals surface area contributed by atoms with Crippen molar-refractivity contribution in [2.45, 2.75) is 43.5 Å². The van der Waals surface area contributed by atoms with Crippen LogP contribution in [0.15, 0.2) is 47.4 Å². The number of benzene rings is 2. The molecule has 30 heavy (non-hydrogen) atoms. The molecule has 1 atom stereocenters. The Morgan fingerprint density at radius 2 is 1.83 bits per heavy atom. The van der Waals surface area contributed by atoms with Crippen LogP contribution in [0.3, 0.4) is 0 Å². The smallest absolute Gasteiger partial charge is 0.243 e. The average Bonchev–Trinajstić information content (AvgIpc) is 2.74. The second-order valence-electron chi connectivity index (χ2n) is 7.40. The maximum Gasteiger partial charge on any atom is 0.243 e. The lowest BCUT2D eigenvalue weighted by Gasteiger charge is -2.34. The third-order valence-electron chi connectivity index (χ3n) is 5.30. The molecule has 8 heteroatoms. The van der Waals surface area contributed by atoms with Crippen LogP contribution in [0.4, 0.5) is 5.69 Å². The van der Waals surface area contributed by atoms with Crippen LogP contribution < -0.4 is 14.8 Å². The van der Waals surface area contributed by atoms with Gasteiger partial charge in [0.2, 0.25) is 15.9 Å². The third kappa shape index (κ3) is 4.94. The summed E-state index contributed by atoms with van der Waals surface area (Å²) >= 11 is 0. The first-order valence-corrected chi connectivity index (χ1v) is 11.4. The van der Waals surface area contributed by atoms with Crippen LogP contribution in [0.25, 0.3) is 0 Å². The van der Waals surface area contributed by atoms with Crippen molar-refractivity contribution in [1.82, 2.24) is 4.31 Å². The van der Waals surface area contributed by atoms with Gasteiger partial charge in [0.25, 0.3) is 0 Å². The maximum atomic E-state index is 13.2. The summed E-state index contributed by atoms with van der Waals surface area (Å²) in [5.41, 5.74) is 1.52. The number of amides is 1. The average molecular weight is 433 g/mol. The van der Waals surface area contributed by atoms with Crippen molar-refractivity contribution in [1.29, 1.82) is 0 Å². The number of rotatable bonds is 7. The fraction of sp³-hybridized carbons (Fsp3) is 0.409. The summed E-state index contributed by atoms with van der Waals surface area (Å²) in [5, 5.41) is 2.84. The zero-order valence-corrected chi connectivity index (χ0v) is 18.4. The Morgan fingerprint density at radius 3 is 2.50 bits per heavy atom. The van der Waals surface area contributed by atoms with E-state index < -0.39 is 10.0 Å². The van der Waals surface area contributed by atoms with Crippen LogP contribution in [0.1, 0.15) is 31.2 Å². The normalized spacial score (nSPS) is 17.4. The summed E-state index contributed by atoms with van der Waals surface area (Å²) in [7, 11) is -0.586. The highest BCUT2D eigenvalue weighted by Gasteiger charge is 2.34. The molecule has 0 saturated carbocycles. The summed E-state index contributed by atoms with van der Waals surface area (Å²) in [6.45, 7) is 2.33. The maximum absolute atomic E-state index is 13.2. The molecule has 1 N–H and O–H groups in total. The van der Waals surface area contributed by atoms with Gasteiger partial charge in [-0.3, -0.25) is 4.79 Å². The standard InChI is InChI=1S/C22H28N2O5S/c1-16-7-10-19(11-8-16)30(26,27)24-13-5-4-6-17(24)14-22(25)23-20-12-9-18(28-2)15-21(20)29-3/h7-12,15,17H,4-6,13-14H2,1-3H3,(H,23,25). The molecular weight excluding hydrogens is 404 g/mol. The molecule has 0 aromatic heterocycles. The van der Waals surface area contributed by atoms with Crippen LogP contribution in [0, 0.1) is 6.92 Å². The van der Waals surface area contributed by atoms with Gasteiger partial charge in [-0.2, -0.15) is 4.31 Å². The van der Waals surface area contributed by atoms with Crippen LogP contribution in [-0.2, 0) is 14.8 Å². The second-order valence-corrected chi connectivity index (χ2v) is 9.29. The molecule has 0 radical (unpaired) electrons. The molecule has 3 rings (SSSR count). The van der Waals surface area contributed by atoms with E-state index in [0.29, 0.717) is 30.2 Å². The van der Waals surface area contributed by atoms with E-state index in [9.17, 15) is 13.2 Å². The Labute approximate surface area is 178 Å². The summed E-state index contributed by atoms with van der Waals surface area (Å²) in [6.07, 6.45) is 2.41. The van der Waals surface area contributed by atoms with E-state index in [-0.39, 0.29) is 23.3 Å². The Balaban J connectivity index is 1.75. The molecule has 1 heterocycles. The third-order valence-corrected chi connectivity index (χ3v) is 7.27. The van der Waals surface area contributed by atoms with Crippen molar-refractivity contribution in [2.24, 2.45) is 0 Å². The minimum atomic E-state index is -3.66. The molecule has 0 bridgehead atoms. The van der Waals surface area contributed by atoms with Crippen LogP contribution >= 0.6 is 0 Å². The van der Waals surface area contributed by atoms with Crippen molar-refractivity contribution < 1.29 is 22.7 Å². The molecule has 162 valence electrons. The van der Waals surface area contributed by atoms with Crippen molar-refractivity contribution in [3.8, 4) is 11.5 Å². The minimum absolute atomic E-state index is 0.0836. The number of piperidine rings is 1. The number of nitrogens with one attached hydrogen (secondary N) is 1. The molecule has 2 aromatic carbocycles. The summed E-state index contributed by atoms with van der Waals surface area (Å²) in [5.74, 6) is 0.845. The van der Waals surface area contributed by atoms with Crippen LogP contribution in [0.5, 0.6) is 11.5 Å². The number of carbonyl (C=O) groups excluding carboxylic acids is 1. The van der Waals surface area contributed by atoms with Gasteiger partial charge in [-0.05, 0) is 44.0 Å². The van der Waals surface area contributed by atoms with E-state index in [1.54, 1.807) is 49.6 Å². The Bertz CT molecular complexity index is 989. The van der Waals surface area contributed by atoms with Gasteiger partial charge in [0.15, 0.2) is 0 Å². The number of aryl methyl sites for hydroxylation is 1. The SMILES string of the molecule is COc1ccc(NC(=O)CC2CCCCN2S(=O)(=O)c2ccc(C)cc2)c(OC)c1. The zero-order valence-electron chi connectivity index (χ0n) is 17.6. The van der Waals surface area contributed by atoms with Gasteiger partial charge in [-0.25, -0.2) is 8.42 Å². The van der Waals surface area contributed by atoms with Gasteiger partial charge in [-0.15, -0.1) is 0 Å². The fourth-order valence-electron chi connectivity index (χ4n) is 3.66. The Kier molecular flexibility index (Phi) is 6.99. The molecule has 0 spiro atoms. The largest absolute Gasteiger partial charge is 0.497 e. The number of sulfonamides is 1. The number of ether oxygens (including phenoxy) is 2. The molecular formula is C22H28N2O5S. The van der Waals surface area contributed by atoms with Crippen LogP contribution in [-0.4, -0.2) is 45.4 Å². The van der Waals surface area contributed by atoms with Gasteiger partial charge in [0.05, 0.1) is 24.8 Å². The number of hydrogen-bond acceptors (Lipinski definition) is 5. The Morgan fingerprint density at radius 1 is 1.10 bits per heavy atom. The first-order chi connectivity index (χ1) is 14.3. The van der Waals surface area contributed by atoms with Gasteiger partial charge in [-0.1, -0.05) is 24.1 Å². The number of carbonyl (C=O) groups is 1. The Hall–Kier alpha value is -2.58. The number of anilines is 1. The lowest BCUT2D eigenvalue weighted by Crippen LogP contribution is -2.45. The molecule has 7 nitrogen and oxygen atoms in total. The molecule has 0 aliphatic carbocycles. The summed E-state index contributed by atoms with van der Waals surface area (Å²) in [4.78, 5) is 13.0. The van der Waals surface area contributed by atoms with E-state index in [0.717, 1.165) is 18.4 Å². The van der Waals surface area contributed by atoms with E-state index in [1.165, 1.54) is 11.4 Å². The number of nitrogens with zero attached hydrogens (tertiary/aromatic N) is 1. The van der Waals surface area contributed by atoms with E-state index in [2.05, 4.69) is 5.32 Å². The molecule has 1 aliphatic rings. The predicted molar refractivity (Wildman–Crippen MR) is 116 cm³/mol. The molecule has 1 fully saturated rings. The quantitative estimate of drug-likeness (QED) is 0.723. The molecule has 1 saturated heterocycles. The van der Waals surface area contributed by atoms with Crippen molar-refractivity contribution in [3.05, 3.63) is 48.0 Å². The molecule has 1 aliphatic heterocycles. The van der Waals surface area contributed by atoms with Gasteiger partial charge in [0, 0.05) is 25.1 Å². The van der Waals surface area contributed by atoms with Crippen molar-refractivity contribution in [2.75, 3.05) is 26.1 Å². The van der Waals surface area contributed by atoms with Gasteiger partial charge >= 0.3 is 0 Å². The molecule has 2 aromatic rings. The molecule has 1 amide bonds. The van der Waals surface area contributed by atoms with E-state index >= 15 is 0 Å². The predicted octanol–water partition coefficient (Wildman–Crippen LogP) is 3.58. The monoisotopic (exact) mass is 432 g/mol. The topological polar surface area (TPSA) is 84.9 Å². The fourth-order valence-corrected chi connectivity index (χ4v) is 5.35. The lowest BCUT2D eigenvalue weighted by molar-refractivity contribution is -0.117. The van der Waals surface area contributed by atoms with Gasteiger partial charge in [0.1, 0.15) is 11.5 Å². The van der Waals surface area contributed by atoms with Crippen molar-refractivity contribution in [3.63, 3.8) is 0 Å². The summed E-state index contributed by atoms with van der Waals surface area (Å²) < 4.78 is 38.3. The molecule has 1 unspecified atom stereocenters. The highest BCUT2D eigenvalue weighted by molar-refractivity contribution is 7.89. The highest BCUT2D eigenvalue weighted by Crippen LogP contribution is 2.31. The van der Waals surface area contributed by atoms with Gasteiger partial charge < -0.3 is 14.8 Å². The van der Waals surface area contributed by atoms with Crippen molar-refractivity contribution >= 4 is 21.6 Å². The first kappa shape index (κ1) is 22.1. The number of methoxy groups -OCH3 is 2. The zero-order chi connectivity index (χ0) is 21.7.